The quantitative estimate of drug-likeness (QED) is 0.821. The van der Waals surface area contributed by atoms with Crippen molar-refractivity contribution in [3.63, 3.8) is 0 Å². The summed E-state index contributed by atoms with van der Waals surface area (Å²) < 4.78 is 0. The molecule has 0 radical (unpaired) electrons. The van der Waals surface area contributed by atoms with Crippen LogP contribution in [0.15, 0.2) is 54.6 Å². The van der Waals surface area contributed by atoms with Crippen LogP contribution >= 0.6 is 0 Å². The molecule has 1 atom stereocenters. The van der Waals surface area contributed by atoms with Gasteiger partial charge in [0.05, 0.1) is 5.56 Å². The lowest BCUT2D eigenvalue weighted by Crippen LogP contribution is -2.50. The average molecular weight is 338 g/mol. The number of hydrogen-bond donors (Lipinski definition) is 2. The first-order valence-corrected chi connectivity index (χ1v) is 8.81. The molecular weight excluding hydrogens is 312 g/mol. The van der Waals surface area contributed by atoms with E-state index in [9.17, 15) is 4.79 Å². The molecule has 2 aromatic carbocycles. The highest BCUT2D eigenvalue weighted by molar-refractivity contribution is 5.99. The fraction of sp³-hybridized carbons (Fsp3) is 0.350. The summed E-state index contributed by atoms with van der Waals surface area (Å²) >= 11 is 0. The Morgan fingerprint density at radius 1 is 1.04 bits per heavy atom. The van der Waals surface area contributed by atoms with E-state index in [1.165, 1.54) is 5.69 Å². The molecule has 1 fully saturated rings. The van der Waals surface area contributed by atoms with Gasteiger partial charge in [-0.1, -0.05) is 30.3 Å². The van der Waals surface area contributed by atoms with Crippen LogP contribution in [-0.2, 0) is 0 Å². The van der Waals surface area contributed by atoms with Crippen LogP contribution in [0.25, 0.3) is 0 Å². The molecule has 0 aromatic heterocycles. The Morgan fingerprint density at radius 2 is 1.68 bits per heavy atom. The minimum absolute atomic E-state index is 0.0791. The number of nitrogens with one attached hydrogen (secondary N) is 1. The third kappa shape index (κ3) is 4.51. The van der Waals surface area contributed by atoms with Crippen LogP contribution in [0.1, 0.15) is 17.3 Å². The highest BCUT2D eigenvalue weighted by Gasteiger charge is 2.20. The lowest BCUT2D eigenvalue weighted by Gasteiger charge is -2.37. The summed E-state index contributed by atoms with van der Waals surface area (Å²) in [5, 5.41) is 3.05. The van der Waals surface area contributed by atoms with Crippen LogP contribution in [0.5, 0.6) is 0 Å². The summed E-state index contributed by atoms with van der Waals surface area (Å²) in [6.07, 6.45) is 0. The van der Waals surface area contributed by atoms with Crippen LogP contribution < -0.4 is 16.0 Å². The van der Waals surface area contributed by atoms with Gasteiger partial charge in [0.25, 0.3) is 5.91 Å². The van der Waals surface area contributed by atoms with E-state index < -0.39 is 0 Å². The number of hydrogen-bond acceptors (Lipinski definition) is 4. The van der Waals surface area contributed by atoms with E-state index in [2.05, 4.69) is 39.4 Å². The number of nitrogen functional groups attached to an aromatic ring is 1. The molecule has 1 aliphatic heterocycles. The zero-order valence-electron chi connectivity index (χ0n) is 14.7. The Morgan fingerprint density at radius 3 is 2.36 bits per heavy atom. The van der Waals surface area contributed by atoms with E-state index in [0.717, 1.165) is 32.7 Å². The number of piperazine rings is 1. The van der Waals surface area contributed by atoms with Gasteiger partial charge in [0, 0.05) is 50.1 Å². The van der Waals surface area contributed by atoms with Crippen molar-refractivity contribution in [2.75, 3.05) is 43.4 Å². The average Bonchev–Trinajstić information content (AvgIpc) is 2.63. The van der Waals surface area contributed by atoms with E-state index in [1.807, 2.05) is 25.1 Å². The molecule has 1 heterocycles. The van der Waals surface area contributed by atoms with Crippen LogP contribution in [-0.4, -0.2) is 49.6 Å². The molecule has 25 heavy (non-hydrogen) atoms. The first-order valence-electron chi connectivity index (χ1n) is 8.81. The fourth-order valence-electron chi connectivity index (χ4n) is 3.27. The molecule has 3 rings (SSSR count). The molecule has 3 N–H and O–H groups in total. The maximum absolute atomic E-state index is 12.3. The predicted octanol–water partition coefficient (Wildman–Crippen LogP) is 2.21. The predicted molar refractivity (Wildman–Crippen MR) is 103 cm³/mol. The van der Waals surface area contributed by atoms with E-state index in [1.54, 1.807) is 12.1 Å². The number of para-hydroxylation sites is 2. The molecule has 0 aliphatic carbocycles. The van der Waals surface area contributed by atoms with Gasteiger partial charge in [0.2, 0.25) is 0 Å². The van der Waals surface area contributed by atoms with Gasteiger partial charge in [0.15, 0.2) is 0 Å². The number of carbonyl (C=O) groups is 1. The van der Waals surface area contributed by atoms with Gasteiger partial charge in [-0.2, -0.15) is 0 Å². The highest BCUT2D eigenvalue weighted by Crippen LogP contribution is 2.16. The van der Waals surface area contributed by atoms with Gasteiger partial charge in [-0.3, -0.25) is 9.69 Å². The number of amides is 1. The SMILES string of the molecule is CC(CN1CCN(c2ccccc2)CC1)NC(=O)c1ccccc1N. The molecule has 0 spiro atoms. The molecular formula is C20H26N4O. The lowest BCUT2D eigenvalue weighted by molar-refractivity contribution is 0.0929. The van der Waals surface area contributed by atoms with Gasteiger partial charge < -0.3 is 16.0 Å². The monoisotopic (exact) mass is 338 g/mol. The van der Waals surface area contributed by atoms with Crippen molar-refractivity contribution in [2.45, 2.75) is 13.0 Å². The molecule has 1 saturated heterocycles. The molecule has 0 saturated carbocycles. The Hall–Kier alpha value is -2.53. The third-order valence-corrected chi connectivity index (χ3v) is 4.61. The van der Waals surface area contributed by atoms with Crippen LogP contribution in [0.2, 0.25) is 0 Å². The summed E-state index contributed by atoms with van der Waals surface area (Å²) in [6.45, 7) is 6.92. The maximum atomic E-state index is 12.3. The van der Waals surface area contributed by atoms with E-state index >= 15 is 0 Å². The van der Waals surface area contributed by atoms with E-state index in [0.29, 0.717) is 11.3 Å². The third-order valence-electron chi connectivity index (χ3n) is 4.61. The second-order valence-electron chi connectivity index (χ2n) is 6.58. The Labute approximate surface area is 149 Å². The Kier molecular flexibility index (Phi) is 5.56. The molecule has 1 unspecified atom stereocenters. The highest BCUT2D eigenvalue weighted by atomic mass is 16.1. The van der Waals surface area contributed by atoms with Gasteiger partial charge in [-0.25, -0.2) is 0 Å². The smallest absolute Gasteiger partial charge is 0.253 e. The summed E-state index contributed by atoms with van der Waals surface area (Å²) in [5.41, 5.74) is 8.22. The summed E-state index contributed by atoms with van der Waals surface area (Å²) in [6, 6.07) is 17.8. The Bertz CT molecular complexity index is 696. The van der Waals surface area contributed by atoms with Crippen molar-refractivity contribution >= 4 is 17.3 Å². The molecule has 132 valence electrons. The zero-order chi connectivity index (χ0) is 17.6. The lowest BCUT2D eigenvalue weighted by atomic mass is 10.1. The van der Waals surface area contributed by atoms with E-state index in [4.69, 9.17) is 5.73 Å². The first-order chi connectivity index (χ1) is 12.1. The summed E-state index contributed by atoms with van der Waals surface area (Å²) in [7, 11) is 0. The zero-order valence-corrected chi connectivity index (χ0v) is 14.7. The van der Waals surface area contributed by atoms with Crippen molar-refractivity contribution in [3.05, 3.63) is 60.2 Å². The normalized spacial score (nSPS) is 16.4. The van der Waals surface area contributed by atoms with Crippen molar-refractivity contribution < 1.29 is 4.79 Å². The van der Waals surface area contributed by atoms with Gasteiger partial charge in [0.1, 0.15) is 0 Å². The molecule has 2 aromatic rings. The number of nitrogens with two attached hydrogens (primary N) is 1. The van der Waals surface area contributed by atoms with Gasteiger partial charge in [-0.05, 0) is 31.2 Å². The van der Waals surface area contributed by atoms with Crippen LogP contribution in [0.3, 0.4) is 0 Å². The first kappa shape index (κ1) is 17.3. The van der Waals surface area contributed by atoms with Crippen molar-refractivity contribution in [1.29, 1.82) is 0 Å². The molecule has 5 heteroatoms. The summed E-state index contributed by atoms with van der Waals surface area (Å²) in [4.78, 5) is 17.1. The molecule has 5 nitrogen and oxygen atoms in total. The van der Waals surface area contributed by atoms with Gasteiger partial charge >= 0.3 is 0 Å². The van der Waals surface area contributed by atoms with Crippen LogP contribution in [0, 0.1) is 0 Å². The van der Waals surface area contributed by atoms with Crippen molar-refractivity contribution in [1.82, 2.24) is 10.2 Å². The minimum atomic E-state index is -0.103. The topological polar surface area (TPSA) is 61.6 Å². The van der Waals surface area contributed by atoms with Crippen molar-refractivity contribution in [3.8, 4) is 0 Å². The van der Waals surface area contributed by atoms with Crippen molar-refractivity contribution in [2.24, 2.45) is 0 Å². The largest absolute Gasteiger partial charge is 0.398 e. The number of nitrogens with zero attached hydrogens (tertiary/aromatic N) is 2. The Balaban J connectivity index is 1.47. The molecule has 0 bridgehead atoms. The summed E-state index contributed by atoms with van der Waals surface area (Å²) in [5.74, 6) is -0.103. The fourth-order valence-corrected chi connectivity index (χ4v) is 3.27. The van der Waals surface area contributed by atoms with Crippen LogP contribution in [0.4, 0.5) is 11.4 Å². The number of benzene rings is 2. The standard InChI is InChI=1S/C20H26N4O/c1-16(22-20(25)18-9-5-6-10-19(18)21)15-23-11-13-24(14-12-23)17-7-3-2-4-8-17/h2-10,16H,11-15,21H2,1H3,(H,22,25). The minimum Gasteiger partial charge on any atom is -0.398 e. The van der Waals surface area contributed by atoms with Gasteiger partial charge in [-0.15, -0.1) is 0 Å². The number of rotatable bonds is 5. The number of anilines is 2. The number of carbonyl (C=O) groups excluding carboxylic acids is 1. The molecule has 1 aliphatic rings. The molecule has 1 amide bonds. The maximum Gasteiger partial charge on any atom is 0.253 e. The van der Waals surface area contributed by atoms with E-state index in [-0.39, 0.29) is 11.9 Å². The second-order valence-corrected chi connectivity index (χ2v) is 6.58. The second kappa shape index (κ2) is 8.03.